The topological polar surface area (TPSA) is 93.0 Å². The van der Waals surface area contributed by atoms with Crippen molar-refractivity contribution in [3.63, 3.8) is 0 Å². The zero-order valence-corrected chi connectivity index (χ0v) is 17.9. The van der Waals surface area contributed by atoms with E-state index in [9.17, 15) is 18.5 Å². The van der Waals surface area contributed by atoms with Gasteiger partial charge in [-0.05, 0) is 44.2 Å². The maximum atomic E-state index is 13.0. The Kier molecular flexibility index (Phi) is 7.48. The van der Waals surface area contributed by atoms with Gasteiger partial charge in [0.15, 0.2) is 0 Å². The Bertz CT molecular complexity index is 806. The molecule has 0 aromatic heterocycles. The van der Waals surface area contributed by atoms with Crippen LogP contribution < -0.4 is 4.90 Å². The highest BCUT2D eigenvalue weighted by molar-refractivity contribution is 7.89. The molecule has 0 amide bonds. The summed E-state index contributed by atoms with van der Waals surface area (Å²) < 4.78 is 33.4. The SMILES string of the molecule is CCCOC1CCCN(c2ccc(S(=O)(=O)N3CCCCCC3)cc2[N+](=O)[O-])C1. The first kappa shape index (κ1) is 22.0. The summed E-state index contributed by atoms with van der Waals surface area (Å²) in [6, 6.07) is 4.33. The average molecular weight is 426 g/mol. The van der Waals surface area contributed by atoms with Gasteiger partial charge >= 0.3 is 0 Å². The van der Waals surface area contributed by atoms with Gasteiger partial charge in [-0.25, -0.2) is 8.42 Å². The molecule has 1 unspecified atom stereocenters. The van der Waals surface area contributed by atoms with Crippen LogP contribution in [0.4, 0.5) is 11.4 Å². The lowest BCUT2D eigenvalue weighted by atomic mass is 10.1. The second kappa shape index (κ2) is 9.86. The molecule has 0 aliphatic carbocycles. The highest BCUT2D eigenvalue weighted by Crippen LogP contribution is 2.34. The number of ether oxygens (including phenoxy) is 1. The summed E-state index contributed by atoms with van der Waals surface area (Å²) in [5.74, 6) is 0. The largest absolute Gasteiger partial charge is 0.376 e. The van der Waals surface area contributed by atoms with Crippen molar-refractivity contribution < 1.29 is 18.1 Å². The Morgan fingerprint density at radius 1 is 1.14 bits per heavy atom. The van der Waals surface area contributed by atoms with E-state index < -0.39 is 14.9 Å². The fourth-order valence-corrected chi connectivity index (χ4v) is 5.62. The summed E-state index contributed by atoms with van der Waals surface area (Å²) in [7, 11) is -3.73. The van der Waals surface area contributed by atoms with Gasteiger partial charge in [0.2, 0.25) is 10.0 Å². The number of benzene rings is 1. The average Bonchev–Trinajstić information content (AvgIpc) is 3.02. The van der Waals surface area contributed by atoms with E-state index in [2.05, 4.69) is 6.92 Å². The highest BCUT2D eigenvalue weighted by Gasteiger charge is 2.30. The third-order valence-electron chi connectivity index (χ3n) is 5.62. The Morgan fingerprint density at radius 3 is 2.52 bits per heavy atom. The molecule has 0 saturated carbocycles. The predicted octanol–water partition coefficient (Wildman–Crippen LogP) is 3.55. The Balaban J connectivity index is 1.86. The van der Waals surface area contributed by atoms with Crippen LogP contribution in [0.3, 0.4) is 0 Å². The summed E-state index contributed by atoms with van der Waals surface area (Å²) in [5.41, 5.74) is 0.312. The monoisotopic (exact) mass is 425 g/mol. The molecule has 2 heterocycles. The molecule has 8 nitrogen and oxygen atoms in total. The minimum atomic E-state index is -3.73. The fourth-order valence-electron chi connectivity index (χ4n) is 4.09. The highest BCUT2D eigenvalue weighted by atomic mass is 32.2. The first-order valence-electron chi connectivity index (χ1n) is 10.6. The molecule has 9 heteroatoms. The molecule has 2 aliphatic rings. The van der Waals surface area contributed by atoms with Gasteiger partial charge in [0.05, 0.1) is 15.9 Å². The minimum absolute atomic E-state index is 0.00522. The van der Waals surface area contributed by atoms with E-state index in [0.29, 0.717) is 38.5 Å². The second-order valence-electron chi connectivity index (χ2n) is 7.81. The number of hydrogen-bond donors (Lipinski definition) is 0. The molecule has 1 aromatic carbocycles. The molecular weight excluding hydrogens is 394 g/mol. The van der Waals surface area contributed by atoms with Crippen molar-refractivity contribution in [3.05, 3.63) is 28.3 Å². The zero-order chi connectivity index (χ0) is 20.9. The number of sulfonamides is 1. The summed E-state index contributed by atoms with van der Waals surface area (Å²) >= 11 is 0. The molecule has 2 aliphatic heterocycles. The molecule has 0 bridgehead atoms. The molecule has 0 spiro atoms. The summed E-state index contributed by atoms with van der Waals surface area (Å²) in [6.45, 7) is 4.95. The molecular formula is C20H31N3O5S. The summed E-state index contributed by atoms with van der Waals surface area (Å²) in [6.07, 6.45) is 6.48. The molecule has 2 fully saturated rings. The maximum absolute atomic E-state index is 13.0. The van der Waals surface area contributed by atoms with E-state index in [1.807, 2.05) is 4.90 Å². The van der Waals surface area contributed by atoms with E-state index in [1.54, 1.807) is 6.07 Å². The lowest BCUT2D eigenvalue weighted by Gasteiger charge is -2.34. The zero-order valence-electron chi connectivity index (χ0n) is 17.1. The van der Waals surface area contributed by atoms with E-state index in [1.165, 1.54) is 16.4 Å². The van der Waals surface area contributed by atoms with Gasteiger partial charge in [0.1, 0.15) is 5.69 Å². The first-order valence-corrected chi connectivity index (χ1v) is 12.0. The van der Waals surface area contributed by atoms with Crippen LogP contribution >= 0.6 is 0 Å². The number of anilines is 1. The summed E-state index contributed by atoms with van der Waals surface area (Å²) in [5, 5.41) is 11.8. The van der Waals surface area contributed by atoms with Crippen molar-refractivity contribution in [1.29, 1.82) is 0 Å². The Hall–Kier alpha value is -1.71. The van der Waals surface area contributed by atoms with Crippen LogP contribution in [-0.2, 0) is 14.8 Å². The van der Waals surface area contributed by atoms with Crippen LogP contribution in [0.15, 0.2) is 23.1 Å². The van der Waals surface area contributed by atoms with Gasteiger partial charge in [-0.1, -0.05) is 19.8 Å². The van der Waals surface area contributed by atoms with Gasteiger partial charge in [-0.2, -0.15) is 4.31 Å². The van der Waals surface area contributed by atoms with Crippen molar-refractivity contribution in [2.75, 3.05) is 37.7 Å². The second-order valence-corrected chi connectivity index (χ2v) is 9.74. The van der Waals surface area contributed by atoms with Crippen molar-refractivity contribution in [1.82, 2.24) is 4.31 Å². The number of nitro groups is 1. The van der Waals surface area contributed by atoms with Crippen LogP contribution in [0.25, 0.3) is 0 Å². The molecule has 3 rings (SSSR count). The number of nitro benzene ring substituents is 1. The lowest BCUT2D eigenvalue weighted by Crippen LogP contribution is -2.40. The number of nitrogens with zero attached hydrogens (tertiary/aromatic N) is 3. The Labute approximate surface area is 173 Å². The van der Waals surface area contributed by atoms with Gasteiger partial charge in [0, 0.05) is 38.9 Å². The molecule has 0 radical (unpaired) electrons. The van der Waals surface area contributed by atoms with Crippen LogP contribution in [0.5, 0.6) is 0 Å². The lowest BCUT2D eigenvalue weighted by molar-refractivity contribution is -0.384. The van der Waals surface area contributed by atoms with Gasteiger partial charge < -0.3 is 9.64 Å². The van der Waals surface area contributed by atoms with Crippen LogP contribution in [0, 0.1) is 10.1 Å². The van der Waals surface area contributed by atoms with Gasteiger partial charge in [-0.3, -0.25) is 10.1 Å². The molecule has 29 heavy (non-hydrogen) atoms. The molecule has 162 valence electrons. The molecule has 2 saturated heterocycles. The Morgan fingerprint density at radius 2 is 1.86 bits per heavy atom. The normalized spacial score (nSPS) is 21.7. The van der Waals surface area contributed by atoms with Crippen molar-refractivity contribution >= 4 is 21.4 Å². The number of piperidine rings is 1. The van der Waals surface area contributed by atoms with Gasteiger partial charge in [0.25, 0.3) is 5.69 Å². The van der Waals surface area contributed by atoms with E-state index in [4.69, 9.17) is 4.74 Å². The van der Waals surface area contributed by atoms with E-state index in [-0.39, 0.29) is 16.7 Å². The van der Waals surface area contributed by atoms with Crippen molar-refractivity contribution in [2.24, 2.45) is 0 Å². The fraction of sp³-hybridized carbons (Fsp3) is 0.700. The van der Waals surface area contributed by atoms with Gasteiger partial charge in [-0.15, -0.1) is 0 Å². The van der Waals surface area contributed by atoms with Crippen LogP contribution in [0.2, 0.25) is 0 Å². The minimum Gasteiger partial charge on any atom is -0.376 e. The third kappa shape index (κ3) is 5.26. The molecule has 0 N–H and O–H groups in total. The van der Waals surface area contributed by atoms with Crippen LogP contribution in [-0.4, -0.2) is 56.5 Å². The molecule has 1 atom stereocenters. The quantitative estimate of drug-likeness (QED) is 0.490. The van der Waals surface area contributed by atoms with Crippen LogP contribution in [0.1, 0.15) is 51.9 Å². The summed E-state index contributed by atoms with van der Waals surface area (Å²) in [4.78, 5) is 13.2. The van der Waals surface area contributed by atoms with Crippen molar-refractivity contribution in [3.8, 4) is 0 Å². The first-order chi connectivity index (χ1) is 13.9. The third-order valence-corrected chi connectivity index (χ3v) is 7.52. The van der Waals surface area contributed by atoms with E-state index in [0.717, 1.165) is 44.9 Å². The smallest absolute Gasteiger partial charge is 0.293 e. The maximum Gasteiger partial charge on any atom is 0.293 e. The standard InChI is InChI=1S/C20H31N3O5S/c1-2-14-28-17-8-7-11-21(16-17)19-10-9-18(15-20(19)23(24)25)29(26,27)22-12-5-3-4-6-13-22/h9-10,15,17H,2-8,11-14,16H2,1H3. The molecule has 1 aromatic rings. The van der Waals surface area contributed by atoms with E-state index >= 15 is 0 Å². The number of rotatable bonds is 7. The van der Waals surface area contributed by atoms with Crippen molar-refractivity contribution in [2.45, 2.75) is 62.9 Å². The predicted molar refractivity (Wildman–Crippen MR) is 112 cm³/mol. The number of hydrogen-bond acceptors (Lipinski definition) is 6.